The van der Waals surface area contributed by atoms with Gasteiger partial charge >= 0.3 is 6.09 Å². The molecule has 101 valence electrons. The van der Waals surface area contributed by atoms with Gasteiger partial charge in [-0.25, -0.2) is 4.79 Å². The summed E-state index contributed by atoms with van der Waals surface area (Å²) in [7, 11) is 0. The smallest absolute Gasteiger partial charge is 0.413 e. The zero-order valence-electron chi connectivity index (χ0n) is 11.9. The van der Waals surface area contributed by atoms with Crippen LogP contribution in [0.1, 0.15) is 38.3 Å². The Hall–Kier alpha value is -0.536. The Balaban J connectivity index is 0.00000180. The van der Waals surface area contributed by atoms with E-state index in [1.54, 1.807) is 4.90 Å². The Morgan fingerprint density at radius 2 is 2.05 bits per heavy atom. The van der Waals surface area contributed by atoms with Gasteiger partial charge in [-0.2, -0.15) is 18.6 Å². The molecule has 0 saturated carbocycles. The summed E-state index contributed by atoms with van der Waals surface area (Å²) in [4.78, 5) is 13.9. The first-order valence-corrected chi connectivity index (χ1v) is 6.32. The Kier molecular flexibility index (Phi) is 5.46. The predicted molar refractivity (Wildman–Crippen MR) is 72.8 cm³/mol. The van der Waals surface area contributed by atoms with Crippen LogP contribution in [0.5, 0.6) is 0 Å². The van der Waals surface area contributed by atoms with Crippen molar-refractivity contribution in [1.29, 1.82) is 0 Å². The first-order valence-electron chi connectivity index (χ1n) is 6.32. The number of hydrogen-bond acceptors (Lipinski definition) is 2. The fourth-order valence-corrected chi connectivity index (χ4v) is 2.13. The molecule has 4 heteroatoms. The number of aryl methyl sites for hydroxylation is 1. The third-order valence-corrected chi connectivity index (χ3v) is 2.88. The third kappa shape index (κ3) is 4.22. The maximum atomic E-state index is 12.2. The Morgan fingerprint density at radius 3 is 2.68 bits per heavy atom. The van der Waals surface area contributed by atoms with Crippen LogP contribution in [0.25, 0.3) is 0 Å². The molecule has 0 fully saturated rings. The molecule has 1 aliphatic heterocycles. The molecular weight excluding hydrogens is 315 g/mol. The van der Waals surface area contributed by atoms with Crippen molar-refractivity contribution in [3.63, 3.8) is 0 Å². The topological polar surface area (TPSA) is 29.5 Å². The summed E-state index contributed by atoms with van der Waals surface area (Å²) in [5.41, 5.74) is 2.60. The molecular formula is C15H20NO2Y-. The van der Waals surface area contributed by atoms with Crippen LogP contribution >= 0.6 is 0 Å². The molecule has 1 heterocycles. The molecule has 19 heavy (non-hydrogen) atoms. The Labute approximate surface area is 140 Å². The predicted octanol–water partition coefficient (Wildman–Crippen LogP) is 3.55. The number of fused-ring (bicyclic) bond motifs is 1. The molecule has 0 aromatic heterocycles. The molecule has 0 spiro atoms. The fraction of sp³-hybridized carbons (Fsp3) is 0.467. The first kappa shape index (κ1) is 16.5. The molecule has 3 nitrogen and oxygen atoms in total. The van der Waals surface area contributed by atoms with Crippen molar-refractivity contribution in [1.82, 2.24) is 0 Å². The normalized spacial score (nSPS) is 14.4. The van der Waals surface area contributed by atoms with Crippen LogP contribution in [0.4, 0.5) is 10.5 Å². The average Bonchev–Trinajstić information content (AvgIpc) is 2.25. The van der Waals surface area contributed by atoms with Crippen LogP contribution in [-0.2, 0) is 43.9 Å². The van der Waals surface area contributed by atoms with Gasteiger partial charge in [-0.3, -0.25) is 4.90 Å². The molecule has 1 amide bonds. The maximum Gasteiger partial charge on any atom is 0.413 e. The van der Waals surface area contributed by atoms with Gasteiger partial charge in [0.1, 0.15) is 5.60 Å². The summed E-state index contributed by atoms with van der Waals surface area (Å²) in [6.07, 6.45) is 1.71. The SMILES string of the molecule is [CH2-]c1ccc2c(c1)N(C(=O)OC(C)(C)C)CCC2.[Y]. The summed E-state index contributed by atoms with van der Waals surface area (Å²) in [5, 5.41) is 0. The van der Waals surface area contributed by atoms with E-state index in [-0.39, 0.29) is 38.8 Å². The number of hydrogen-bond donors (Lipinski definition) is 0. The number of rotatable bonds is 0. The molecule has 0 saturated heterocycles. The third-order valence-electron chi connectivity index (χ3n) is 2.88. The molecule has 1 aliphatic rings. The van der Waals surface area contributed by atoms with E-state index in [1.165, 1.54) is 5.56 Å². The Morgan fingerprint density at radius 1 is 1.37 bits per heavy atom. The first-order chi connectivity index (χ1) is 8.37. The monoisotopic (exact) mass is 335 g/mol. The summed E-state index contributed by atoms with van der Waals surface area (Å²) in [6.45, 7) is 10.3. The minimum atomic E-state index is -0.462. The number of carbonyl (C=O) groups is 1. The zero-order chi connectivity index (χ0) is 13.3. The van der Waals surface area contributed by atoms with Gasteiger partial charge in [0.2, 0.25) is 0 Å². The van der Waals surface area contributed by atoms with Gasteiger partial charge < -0.3 is 4.74 Å². The van der Waals surface area contributed by atoms with Gasteiger partial charge in [0.25, 0.3) is 0 Å². The van der Waals surface area contributed by atoms with Gasteiger partial charge in [-0.15, -0.1) is 12.1 Å². The number of amides is 1. The maximum absolute atomic E-state index is 12.2. The summed E-state index contributed by atoms with van der Waals surface area (Å²) >= 11 is 0. The number of benzene rings is 1. The van der Waals surface area contributed by atoms with E-state index in [0.717, 1.165) is 24.1 Å². The van der Waals surface area contributed by atoms with Crippen LogP contribution in [-0.4, -0.2) is 18.2 Å². The Bertz CT molecular complexity index is 466. The van der Waals surface area contributed by atoms with Crippen LogP contribution in [0.2, 0.25) is 0 Å². The zero-order valence-corrected chi connectivity index (χ0v) is 14.7. The number of anilines is 1. The van der Waals surface area contributed by atoms with Crippen LogP contribution in [0.15, 0.2) is 18.2 Å². The van der Waals surface area contributed by atoms with Gasteiger partial charge in [0.05, 0.1) is 0 Å². The van der Waals surface area contributed by atoms with E-state index < -0.39 is 5.60 Å². The standard InChI is InChI=1S/C15H20NO2.Y/c1-11-7-8-12-6-5-9-16(13(12)10-11)14(17)18-15(2,3)4;/h7-8,10H,1,5-6,9H2,2-4H3;/q-1;. The van der Waals surface area contributed by atoms with E-state index in [2.05, 4.69) is 6.92 Å². The quantitative estimate of drug-likeness (QED) is 0.679. The second kappa shape index (κ2) is 6.28. The molecule has 1 aromatic rings. The van der Waals surface area contributed by atoms with Crippen LogP contribution in [0, 0.1) is 6.92 Å². The van der Waals surface area contributed by atoms with E-state index in [0.29, 0.717) is 6.54 Å². The summed E-state index contributed by atoms with van der Waals surface area (Å²) in [6, 6.07) is 5.99. The minimum Gasteiger partial charge on any atom is -0.443 e. The van der Waals surface area contributed by atoms with E-state index >= 15 is 0 Å². The summed E-state index contributed by atoms with van der Waals surface area (Å²) < 4.78 is 5.44. The molecule has 0 bridgehead atoms. The minimum absolute atomic E-state index is 0. The van der Waals surface area contributed by atoms with Crippen molar-refractivity contribution in [2.75, 3.05) is 11.4 Å². The molecule has 0 atom stereocenters. The number of nitrogens with zero attached hydrogens (tertiary/aromatic N) is 1. The molecule has 1 aromatic carbocycles. The largest absolute Gasteiger partial charge is 0.443 e. The van der Waals surface area contributed by atoms with E-state index in [1.807, 2.05) is 39.0 Å². The van der Waals surface area contributed by atoms with Crippen molar-refractivity contribution < 1.29 is 42.2 Å². The van der Waals surface area contributed by atoms with Gasteiger partial charge in [-0.05, 0) is 44.9 Å². The van der Waals surface area contributed by atoms with Crippen molar-refractivity contribution >= 4 is 11.8 Å². The van der Waals surface area contributed by atoms with Crippen LogP contribution in [0.3, 0.4) is 0 Å². The second-order valence-electron chi connectivity index (χ2n) is 5.70. The van der Waals surface area contributed by atoms with Crippen molar-refractivity contribution in [3.8, 4) is 0 Å². The molecule has 0 unspecified atom stereocenters. The fourth-order valence-electron chi connectivity index (χ4n) is 2.13. The second-order valence-corrected chi connectivity index (χ2v) is 5.70. The van der Waals surface area contributed by atoms with Crippen molar-refractivity contribution in [3.05, 3.63) is 36.2 Å². The van der Waals surface area contributed by atoms with Gasteiger partial charge in [-0.1, -0.05) is 0 Å². The summed E-state index contributed by atoms with van der Waals surface area (Å²) in [5.74, 6) is 0. The van der Waals surface area contributed by atoms with Crippen LogP contribution < -0.4 is 4.90 Å². The van der Waals surface area contributed by atoms with E-state index in [9.17, 15) is 4.79 Å². The molecule has 2 rings (SSSR count). The van der Waals surface area contributed by atoms with Gasteiger partial charge in [0, 0.05) is 39.3 Å². The van der Waals surface area contributed by atoms with Gasteiger partial charge in [0.15, 0.2) is 0 Å². The number of carbonyl (C=O) groups excluding carboxylic acids is 1. The average molecular weight is 335 g/mol. The van der Waals surface area contributed by atoms with E-state index in [4.69, 9.17) is 4.74 Å². The molecule has 0 aliphatic carbocycles. The molecule has 0 N–H and O–H groups in total. The number of ether oxygens (including phenoxy) is 1. The molecule has 1 radical (unpaired) electrons. The van der Waals surface area contributed by atoms with Crippen molar-refractivity contribution in [2.24, 2.45) is 0 Å². The van der Waals surface area contributed by atoms with Crippen molar-refractivity contribution in [2.45, 2.75) is 39.2 Å².